The maximum absolute atomic E-state index is 6.23. The van der Waals surface area contributed by atoms with Crippen LogP contribution in [-0.2, 0) is 9.31 Å². The molecule has 1 unspecified atom stereocenters. The van der Waals surface area contributed by atoms with E-state index in [1.165, 1.54) is 19.4 Å². The van der Waals surface area contributed by atoms with Crippen LogP contribution in [0.3, 0.4) is 0 Å². The van der Waals surface area contributed by atoms with Crippen LogP contribution in [0.5, 0.6) is 0 Å². The Morgan fingerprint density at radius 3 is 2.00 bits per heavy atom. The van der Waals surface area contributed by atoms with Crippen LogP contribution in [-0.4, -0.2) is 43.6 Å². The molecule has 2 heterocycles. The van der Waals surface area contributed by atoms with Gasteiger partial charge in [0.1, 0.15) is 8.24 Å². The molecule has 104 valence electrons. The predicted octanol–water partition coefficient (Wildman–Crippen LogP) is 2.92. The van der Waals surface area contributed by atoms with E-state index in [-0.39, 0.29) is 18.3 Å². The molecule has 5 heteroatoms. The van der Waals surface area contributed by atoms with E-state index in [1.54, 1.807) is 0 Å². The lowest BCUT2D eigenvalue weighted by Gasteiger charge is -2.36. The molecule has 2 saturated heterocycles. The lowest BCUT2D eigenvalue weighted by atomic mass is 9.77. The van der Waals surface area contributed by atoms with Crippen molar-refractivity contribution < 1.29 is 9.31 Å². The summed E-state index contributed by atoms with van der Waals surface area (Å²) in [5.41, 5.74) is -0.406. The third-order valence-corrected chi connectivity index (χ3v) is 7.03. The third kappa shape index (κ3) is 2.42. The molecule has 18 heavy (non-hydrogen) atoms. The molecule has 0 spiro atoms. The van der Waals surface area contributed by atoms with Crippen molar-refractivity contribution in [1.82, 2.24) is 4.57 Å². The standard InChI is InChI=1S/C13H28BNO2Si/c1-12(2)13(3,4)17-14(16-12)11-9-8-10-15(11)18(5,6)7/h11H,8-10H2,1-7H3. The van der Waals surface area contributed by atoms with Crippen LogP contribution in [0.2, 0.25) is 19.6 Å². The van der Waals surface area contributed by atoms with E-state index in [1.807, 2.05) is 0 Å². The number of rotatable bonds is 2. The van der Waals surface area contributed by atoms with Gasteiger partial charge in [0.25, 0.3) is 0 Å². The minimum Gasteiger partial charge on any atom is -0.402 e. The van der Waals surface area contributed by atoms with E-state index >= 15 is 0 Å². The van der Waals surface area contributed by atoms with Crippen molar-refractivity contribution in [1.29, 1.82) is 0 Å². The van der Waals surface area contributed by atoms with E-state index in [0.717, 1.165) is 0 Å². The van der Waals surface area contributed by atoms with Crippen molar-refractivity contribution in [3.8, 4) is 0 Å². The van der Waals surface area contributed by atoms with Crippen molar-refractivity contribution in [2.45, 2.75) is 77.3 Å². The Kier molecular flexibility index (Phi) is 3.51. The molecule has 1 atom stereocenters. The molecule has 2 aliphatic rings. The molecule has 0 aromatic heterocycles. The monoisotopic (exact) mass is 269 g/mol. The van der Waals surface area contributed by atoms with E-state index in [9.17, 15) is 0 Å². The highest BCUT2D eigenvalue weighted by Gasteiger charge is 2.56. The van der Waals surface area contributed by atoms with Crippen molar-refractivity contribution in [2.75, 3.05) is 6.54 Å². The highest BCUT2D eigenvalue weighted by Crippen LogP contribution is 2.40. The summed E-state index contributed by atoms with van der Waals surface area (Å²) in [4.78, 5) is 0. The summed E-state index contributed by atoms with van der Waals surface area (Å²) in [6, 6.07) is 0. The Hall–Kier alpha value is 0.162. The fourth-order valence-corrected chi connectivity index (χ4v) is 5.03. The summed E-state index contributed by atoms with van der Waals surface area (Å²) in [5, 5.41) is 0. The van der Waals surface area contributed by atoms with E-state index in [2.05, 4.69) is 51.9 Å². The van der Waals surface area contributed by atoms with Crippen molar-refractivity contribution in [3.05, 3.63) is 0 Å². The van der Waals surface area contributed by atoms with E-state index in [0.29, 0.717) is 5.94 Å². The molecule has 0 saturated carbocycles. The van der Waals surface area contributed by atoms with Gasteiger partial charge in [0, 0.05) is 5.94 Å². The second-order valence-corrected chi connectivity index (χ2v) is 12.6. The Morgan fingerprint density at radius 1 is 1.06 bits per heavy atom. The highest BCUT2D eigenvalue weighted by atomic mass is 28.3. The third-order valence-electron chi connectivity index (χ3n) is 4.75. The molecule has 2 aliphatic heterocycles. The van der Waals surface area contributed by atoms with Gasteiger partial charge in [-0.3, -0.25) is 0 Å². The quantitative estimate of drug-likeness (QED) is 0.719. The van der Waals surface area contributed by atoms with Crippen LogP contribution >= 0.6 is 0 Å². The topological polar surface area (TPSA) is 21.7 Å². The average molecular weight is 269 g/mol. The summed E-state index contributed by atoms with van der Waals surface area (Å²) in [5.74, 6) is 0.456. The number of hydrogen-bond donors (Lipinski definition) is 0. The van der Waals surface area contributed by atoms with Crippen LogP contribution < -0.4 is 0 Å². The lowest BCUT2D eigenvalue weighted by Crippen LogP contribution is -2.55. The SMILES string of the molecule is CC1(C)OB(C2CCCN2[Si](C)(C)C)OC1(C)C. The zero-order valence-corrected chi connectivity index (χ0v) is 14.0. The summed E-state index contributed by atoms with van der Waals surface area (Å²) in [7, 11) is -1.33. The van der Waals surface area contributed by atoms with Gasteiger partial charge in [-0.2, -0.15) is 0 Å². The van der Waals surface area contributed by atoms with Crippen molar-refractivity contribution >= 4 is 15.4 Å². The number of nitrogens with zero attached hydrogens (tertiary/aromatic N) is 1. The Labute approximate surface area is 113 Å². The fourth-order valence-electron chi connectivity index (χ4n) is 2.95. The van der Waals surface area contributed by atoms with Gasteiger partial charge in [0.15, 0.2) is 0 Å². The predicted molar refractivity (Wildman–Crippen MR) is 79.2 cm³/mol. The minimum absolute atomic E-state index is 0.0516. The van der Waals surface area contributed by atoms with Crippen molar-refractivity contribution in [2.24, 2.45) is 0 Å². The molecule has 2 fully saturated rings. The first kappa shape index (κ1) is 14.6. The molecule has 0 aliphatic carbocycles. The second-order valence-electron chi connectivity index (χ2n) is 7.70. The molecule has 0 amide bonds. The van der Waals surface area contributed by atoms with Gasteiger partial charge >= 0.3 is 7.12 Å². The van der Waals surface area contributed by atoms with Gasteiger partial charge in [-0.1, -0.05) is 19.6 Å². The van der Waals surface area contributed by atoms with Crippen LogP contribution in [0, 0.1) is 0 Å². The maximum Gasteiger partial charge on any atom is 0.475 e. The first-order chi connectivity index (χ1) is 8.05. The van der Waals surface area contributed by atoms with Crippen LogP contribution in [0.4, 0.5) is 0 Å². The lowest BCUT2D eigenvalue weighted by molar-refractivity contribution is 0.00578. The molecule has 0 N–H and O–H groups in total. The fraction of sp³-hybridized carbons (Fsp3) is 1.00. The maximum atomic E-state index is 6.23. The Morgan fingerprint density at radius 2 is 1.56 bits per heavy atom. The van der Waals surface area contributed by atoms with Crippen LogP contribution in [0.15, 0.2) is 0 Å². The second kappa shape index (κ2) is 4.33. The Balaban J connectivity index is 2.14. The van der Waals surface area contributed by atoms with Gasteiger partial charge < -0.3 is 13.9 Å². The van der Waals surface area contributed by atoms with E-state index in [4.69, 9.17) is 9.31 Å². The van der Waals surface area contributed by atoms with Crippen LogP contribution in [0.25, 0.3) is 0 Å². The summed E-state index contributed by atoms with van der Waals surface area (Å²) >= 11 is 0. The van der Waals surface area contributed by atoms with E-state index < -0.39 is 8.24 Å². The number of hydrogen-bond acceptors (Lipinski definition) is 3. The van der Waals surface area contributed by atoms with Gasteiger partial charge in [0.2, 0.25) is 0 Å². The van der Waals surface area contributed by atoms with Gasteiger partial charge in [-0.15, -0.1) is 0 Å². The summed E-state index contributed by atoms with van der Waals surface area (Å²) < 4.78 is 15.1. The molecular formula is C13H28BNO2Si. The molecule has 2 rings (SSSR count). The normalized spacial score (nSPS) is 32.2. The molecule has 0 bridgehead atoms. The zero-order chi connectivity index (χ0) is 13.8. The molecular weight excluding hydrogens is 241 g/mol. The highest BCUT2D eigenvalue weighted by molar-refractivity contribution is 6.74. The van der Waals surface area contributed by atoms with Crippen LogP contribution in [0.1, 0.15) is 40.5 Å². The first-order valence-electron chi connectivity index (χ1n) is 7.17. The largest absolute Gasteiger partial charge is 0.475 e. The summed E-state index contributed by atoms with van der Waals surface area (Å²) in [6.07, 6.45) is 2.49. The average Bonchev–Trinajstić information content (AvgIpc) is 2.68. The van der Waals surface area contributed by atoms with Crippen molar-refractivity contribution in [3.63, 3.8) is 0 Å². The summed E-state index contributed by atoms with van der Waals surface area (Å²) in [6.45, 7) is 17.0. The van der Waals surface area contributed by atoms with Gasteiger partial charge in [-0.05, 0) is 47.1 Å². The zero-order valence-electron chi connectivity index (χ0n) is 13.0. The minimum atomic E-state index is -1.27. The molecule has 0 aromatic rings. The molecule has 0 aromatic carbocycles. The first-order valence-corrected chi connectivity index (χ1v) is 10.6. The van der Waals surface area contributed by atoms with Gasteiger partial charge in [0.05, 0.1) is 11.2 Å². The van der Waals surface area contributed by atoms with Gasteiger partial charge in [-0.25, -0.2) is 0 Å². The smallest absolute Gasteiger partial charge is 0.402 e. The molecule has 0 radical (unpaired) electrons. The Bertz CT molecular complexity index is 311. The molecule has 3 nitrogen and oxygen atoms in total.